The highest BCUT2D eigenvalue weighted by molar-refractivity contribution is 5.59. The Balaban J connectivity index is 2.11. The van der Waals surface area contributed by atoms with Crippen LogP contribution in [0.2, 0.25) is 0 Å². The van der Waals surface area contributed by atoms with Crippen LogP contribution >= 0.6 is 0 Å². The molecular weight excluding hydrogens is 230 g/mol. The van der Waals surface area contributed by atoms with Gasteiger partial charge in [0.25, 0.3) is 5.69 Å². The van der Waals surface area contributed by atoms with Crippen LogP contribution in [0, 0.1) is 16.0 Å². The van der Waals surface area contributed by atoms with E-state index in [2.05, 4.69) is 18.7 Å². The average Bonchev–Trinajstić information content (AvgIpc) is 2.57. The van der Waals surface area contributed by atoms with Crippen molar-refractivity contribution < 1.29 is 4.92 Å². The Morgan fingerprint density at radius 1 is 1.50 bits per heavy atom. The highest BCUT2D eigenvalue weighted by Gasteiger charge is 2.26. The largest absolute Gasteiger partial charge is 0.393 e. The number of nitro groups is 1. The first-order valence-electron chi connectivity index (χ1n) is 6.24. The molecule has 1 saturated heterocycles. The molecule has 1 aliphatic rings. The molecule has 1 fully saturated rings. The van der Waals surface area contributed by atoms with Crippen LogP contribution in [0.15, 0.2) is 18.2 Å². The standard InChI is InChI=1S/C13H19N3O2/c1-9-5-10(2)15(7-9)8-11-3-4-13(16(17)18)12(14)6-11/h3-4,6,9-10H,5,7-8,14H2,1-2H3. The molecule has 0 saturated carbocycles. The van der Waals surface area contributed by atoms with Gasteiger partial charge in [-0.3, -0.25) is 15.0 Å². The number of benzene rings is 1. The molecule has 0 bridgehead atoms. The van der Waals surface area contributed by atoms with Gasteiger partial charge >= 0.3 is 0 Å². The van der Waals surface area contributed by atoms with Crippen LogP contribution in [0.4, 0.5) is 11.4 Å². The first kappa shape index (κ1) is 12.8. The van der Waals surface area contributed by atoms with E-state index in [9.17, 15) is 10.1 Å². The van der Waals surface area contributed by atoms with Crippen molar-refractivity contribution in [2.24, 2.45) is 5.92 Å². The van der Waals surface area contributed by atoms with Crippen molar-refractivity contribution in [2.45, 2.75) is 32.9 Å². The maximum Gasteiger partial charge on any atom is 0.292 e. The minimum atomic E-state index is -0.445. The Labute approximate surface area is 107 Å². The number of nitrogens with two attached hydrogens (primary N) is 1. The van der Waals surface area contributed by atoms with Gasteiger partial charge in [-0.1, -0.05) is 13.0 Å². The molecule has 1 heterocycles. The first-order valence-corrected chi connectivity index (χ1v) is 6.24. The van der Waals surface area contributed by atoms with Crippen LogP contribution in [0.25, 0.3) is 0 Å². The second kappa shape index (κ2) is 4.94. The number of nitrogens with zero attached hydrogens (tertiary/aromatic N) is 2. The molecule has 5 heteroatoms. The van der Waals surface area contributed by atoms with Crippen LogP contribution in [0.1, 0.15) is 25.8 Å². The summed E-state index contributed by atoms with van der Waals surface area (Å²) in [5.74, 6) is 0.718. The van der Waals surface area contributed by atoms with E-state index in [-0.39, 0.29) is 11.4 Å². The third-order valence-corrected chi connectivity index (χ3v) is 3.59. The third kappa shape index (κ3) is 2.61. The van der Waals surface area contributed by atoms with Gasteiger partial charge in [0.05, 0.1) is 4.92 Å². The summed E-state index contributed by atoms with van der Waals surface area (Å²) in [6, 6.07) is 5.57. The van der Waals surface area contributed by atoms with Gasteiger partial charge in [0.1, 0.15) is 5.69 Å². The summed E-state index contributed by atoms with van der Waals surface area (Å²) >= 11 is 0. The van der Waals surface area contributed by atoms with Crippen LogP contribution in [-0.4, -0.2) is 22.4 Å². The Kier molecular flexibility index (Phi) is 3.52. The Hall–Kier alpha value is -1.62. The third-order valence-electron chi connectivity index (χ3n) is 3.59. The lowest BCUT2D eigenvalue weighted by Gasteiger charge is -2.21. The fourth-order valence-corrected chi connectivity index (χ4v) is 2.71. The van der Waals surface area contributed by atoms with Crippen molar-refractivity contribution in [3.63, 3.8) is 0 Å². The molecule has 1 aromatic rings. The molecule has 2 rings (SSSR count). The van der Waals surface area contributed by atoms with E-state index in [0.29, 0.717) is 6.04 Å². The molecule has 1 aromatic carbocycles. The van der Waals surface area contributed by atoms with Gasteiger partial charge in [-0.05, 0) is 30.9 Å². The predicted molar refractivity (Wildman–Crippen MR) is 71.2 cm³/mol. The molecule has 0 radical (unpaired) electrons. The number of rotatable bonds is 3. The molecule has 0 aromatic heterocycles. The summed E-state index contributed by atoms with van der Waals surface area (Å²) < 4.78 is 0. The molecule has 0 spiro atoms. The Morgan fingerprint density at radius 2 is 2.22 bits per heavy atom. The van der Waals surface area contributed by atoms with Gasteiger partial charge in [0.2, 0.25) is 0 Å². The summed E-state index contributed by atoms with van der Waals surface area (Å²) in [4.78, 5) is 12.6. The molecule has 18 heavy (non-hydrogen) atoms. The van der Waals surface area contributed by atoms with Crippen molar-refractivity contribution in [3.05, 3.63) is 33.9 Å². The summed E-state index contributed by atoms with van der Waals surface area (Å²) in [5, 5.41) is 10.7. The van der Waals surface area contributed by atoms with Gasteiger partial charge in [-0.25, -0.2) is 0 Å². The highest BCUT2D eigenvalue weighted by atomic mass is 16.6. The highest BCUT2D eigenvalue weighted by Crippen LogP contribution is 2.27. The van der Waals surface area contributed by atoms with Gasteiger partial charge in [0, 0.05) is 25.2 Å². The average molecular weight is 249 g/mol. The molecule has 0 amide bonds. The minimum Gasteiger partial charge on any atom is -0.393 e. The fourth-order valence-electron chi connectivity index (χ4n) is 2.71. The molecule has 2 atom stereocenters. The summed E-state index contributed by atoms with van der Waals surface area (Å²) in [5.41, 5.74) is 6.97. The van der Waals surface area contributed by atoms with Crippen LogP contribution in [0.3, 0.4) is 0 Å². The van der Waals surface area contributed by atoms with Crippen LogP contribution in [0.5, 0.6) is 0 Å². The monoisotopic (exact) mass is 249 g/mol. The molecule has 5 nitrogen and oxygen atoms in total. The van der Waals surface area contributed by atoms with E-state index >= 15 is 0 Å². The number of nitrogen functional groups attached to an aromatic ring is 1. The van der Waals surface area contributed by atoms with Gasteiger partial charge in [-0.15, -0.1) is 0 Å². The molecular formula is C13H19N3O2. The zero-order valence-corrected chi connectivity index (χ0v) is 10.8. The molecule has 1 aliphatic heterocycles. The SMILES string of the molecule is CC1CC(C)N(Cc2ccc([N+](=O)[O-])c(N)c2)C1. The lowest BCUT2D eigenvalue weighted by Crippen LogP contribution is -2.26. The Bertz CT molecular complexity index is 462. The van der Waals surface area contributed by atoms with E-state index < -0.39 is 4.92 Å². The number of likely N-dealkylation sites (tertiary alicyclic amines) is 1. The number of hydrogen-bond acceptors (Lipinski definition) is 4. The summed E-state index contributed by atoms with van der Waals surface area (Å²) in [7, 11) is 0. The predicted octanol–water partition coefficient (Wildman–Crippen LogP) is 2.41. The maximum absolute atomic E-state index is 10.7. The molecule has 98 valence electrons. The lowest BCUT2D eigenvalue weighted by atomic mass is 10.1. The lowest BCUT2D eigenvalue weighted by molar-refractivity contribution is -0.383. The van der Waals surface area contributed by atoms with Crippen molar-refractivity contribution >= 4 is 11.4 Å². The zero-order valence-electron chi connectivity index (χ0n) is 10.8. The normalized spacial score (nSPS) is 24.3. The first-order chi connectivity index (χ1) is 8.47. The minimum absolute atomic E-state index is 0.0124. The van der Waals surface area contributed by atoms with Gasteiger partial charge in [0.15, 0.2) is 0 Å². The van der Waals surface area contributed by atoms with E-state index in [1.807, 2.05) is 0 Å². The van der Waals surface area contributed by atoms with Crippen molar-refractivity contribution in [3.8, 4) is 0 Å². The van der Waals surface area contributed by atoms with E-state index in [4.69, 9.17) is 5.73 Å². The molecule has 0 aliphatic carbocycles. The maximum atomic E-state index is 10.7. The molecule has 2 unspecified atom stereocenters. The van der Waals surface area contributed by atoms with Crippen molar-refractivity contribution in [1.29, 1.82) is 0 Å². The Morgan fingerprint density at radius 3 is 2.72 bits per heavy atom. The second-order valence-corrected chi connectivity index (χ2v) is 5.27. The number of nitro benzene ring substituents is 1. The van der Waals surface area contributed by atoms with Crippen LogP contribution < -0.4 is 5.73 Å². The van der Waals surface area contributed by atoms with Gasteiger partial charge < -0.3 is 5.73 Å². The topological polar surface area (TPSA) is 72.4 Å². The van der Waals surface area contributed by atoms with Crippen LogP contribution in [-0.2, 0) is 6.54 Å². The fraction of sp³-hybridized carbons (Fsp3) is 0.538. The van der Waals surface area contributed by atoms with E-state index in [1.165, 1.54) is 12.5 Å². The summed E-state index contributed by atoms with van der Waals surface area (Å²) in [6.45, 7) is 6.37. The second-order valence-electron chi connectivity index (χ2n) is 5.27. The van der Waals surface area contributed by atoms with Crippen molar-refractivity contribution in [1.82, 2.24) is 4.90 Å². The number of hydrogen-bond donors (Lipinski definition) is 1. The summed E-state index contributed by atoms with van der Waals surface area (Å²) in [6.07, 6.45) is 1.21. The molecule has 2 N–H and O–H groups in total. The quantitative estimate of drug-likeness (QED) is 0.507. The number of anilines is 1. The van der Waals surface area contributed by atoms with E-state index in [1.54, 1.807) is 12.1 Å². The zero-order chi connectivity index (χ0) is 13.3. The van der Waals surface area contributed by atoms with Gasteiger partial charge in [-0.2, -0.15) is 0 Å². The van der Waals surface area contributed by atoms with Crippen molar-refractivity contribution in [2.75, 3.05) is 12.3 Å². The van der Waals surface area contributed by atoms with E-state index in [0.717, 1.165) is 24.6 Å². The smallest absolute Gasteiger partial charge is 0.292 e.